The van der Waals surface area contributed by atoms with Gasteiger partial charge in [0.2, 0.25) is 0 Å². The zero-order valence-corrected chi connectivity index (χ0v) is 9.25. The Balaban J connectivity index is 1.96. The molecule has 1 saturated heterocycles. The van der Waals surface area contributed by atoms with E-state index in [0.717, 1.165) is 19.5 Å². The second-order valence-electron chi connectivity index (χ2n) is 3.74. The number of hydrogen-bond donors (Lipinski definition) is 2. The number of carboxylic acids is 1. The number of aromatic nitrogens is 1. The van der Waals surface area contributed by atoms with Crippen LogP contribution in [0.1, 0.15) is 16.9 Å². The highest BCUT2D eigenvalue weighted by Gasteiger charge is 2.20. The molecule has 5 nitrogen and oxygen atoms in total. The molecule has 1 atom stereocenters. The number of rotatable bonds is 3. The summed E-state index contributed by atoms with van der Waals surface area (Å²) < 4.78 is 0. The third-order valence-corrected chi connectivity index (χ3v) is 3.22. The molecule has 0 aromatic carbocycles. The monoisotopic (exact) mass is 227 g/mol. The fraction of sp³-hybridized carbons (Fsp3) is 0.556. The topological polar surface area (TPSA) is 65.5 Å². The molecule has 2 heterocycles. The molecule has 1 unspecified atom stereocenters. The number of nitrogens with zero attached hydrogens (tertiary/aromatic N) is 2. The van der Waals surface area contributed by atoms with Crippen molar-refractivity contribution in [1.29, 1.82) is 0 Å². The molecule has 1 aliphatic heterocycles. The van der Waals surface area contributed by atoms with E-state index < -0.39 is 5.97 Å². The molecule has 0 aliphatic carbocycles. The minimum Gasteiger partial charge on any atom is -0.476 e. The first kappa shape index (κ1) is 10.4. The van der Waals surface area contributed by atoms with Crippen molar-refractivity contribution in [1.82, 2.24) is 9.88 Å². The molecule has 2 rings (SSSR count). The van der Waals surface area contributed by atoms with Crippen molar-refractivity contribution in [2.24, 2.45) is 0 Å². The van der Waals surface area contributed by atoms with E-state index in [9.17, 15) is 4.79 Å². The normalized spacial score (nSPS) is 21.8. The SMILES string of the molecule is CN1CCC(Nc2nc(C(=O)O)cs2)C1. The zero-order valence-electron chi connectivity index (χ0n) is 8.43. The summed E-state index contributed by atoms with van der Waals surface area (Å²) >= 11 is 1.34. The Morgan fingerprint density at radius 1 is 1.80 bits per heavy atom. The molecular formula is C9H13N3O2S. The highest BCUT2D eigenvalue weighted by Crippen LogP contribution is 2.19. The van der Waals surface area contributed by atoms with Crippen molar-refractivity contribution in [3.05, 3.63) is 11.1 Å². The number of likely N-dealkylation sites (tertiary alicyclic amines) is 1. The zero-order chi connectivity index (χ0) is 10.8. The molecule has 0 bridgehead atoms. The van der Waals surface area contributed by atoms with Crippen LogP contribution in [0.5, 0.6) is 0 Å². The summed E-state index contributed by atoms with van der Waals surface area (Å²) in [7, 11) is 2.08. The van der Waals surface area contributed by atoms with Crippen molar-refractivity contribution in [2.45, 2.75) is 12.5 Å². The minimum absolute atomic E-state index is 0.119. The number of thiazole rings is 1. The molecule has 0 saturated carbocycles. The largest absolute Gasteiger partial charge is 0.476 e. The van der Waals surface area contributed by atoms with Gasteiger partial charge in [0.1, 0.15) is 0 Å². The third kappa shape index (κ3) is 2.45. The molecule has 1 aromatic rings. The van der Waals surface area contributed by atoms with Crippen LogP contribution in [0.2, 0.25) is 0 Å². The number of anilines is 1. The fourth-order valence-corrected chi connectivity index (χ4v) is 2.43. The third-order valence-electron chi connectivity index (χ3n) is 2.44. The van der Waals surface area contributed by atoms with Gasteiger partial charge in [0, 0.05) is 18.0 Å². The van der Waals surface area contributed by atoms with E-state index in [1.54, 1.807) is 5.38 Å². The second-order valence-corrected chi connectivity index (χ2v) is 4.59. The predicted molar refractivity (Wildman–Crippen MR) is 58.6 cm³/mol. The Kier molecular flexibility index (Phi) is 2.88. The predicted octanol–water partition coefficient (Wildman–Crippen LogP) is 0.957. The van der Waals surface area contributed by atoms with E-state index in [2.05, 4.69) is 22.2 Å². The summed E-state index contributed by atoms with van der Waals surface area (Å²) in [4.78, 5) is 16.8. The number of hydrogen-bond acceptors (Lipinski definition) is 5. The van der Waals surface area contributed by atoms with Gasteiger partial charge in [-0.3, -0.25) is 0 Å². The van der Waals surface area contributed by atoms with Gasteiger partial charge in [-0.05, 0) is 20.0 Å². The number of nitrogens with one attached hydrogen (secondary N) is 1. The highest BCUT2D eigenvalue weighted by molar-refractivity contribution is 7.13. The second kappa shape index (κ2) is 4.16. The number of aromatic carboxylic acids is 1. The summed E-state index contributed by atoms with van der Waals surface area (Å²) in [5, 5.41) is 14.2. The lowest BCUT2D eigenvalue weighted by Gasteiger charge is -2.10. The standard InChI is InChI=1S/C9H13N3O2S/c1-12-3-2-6(4-12)10-9-11-7(5-15-9)8(13)14/h5-6H,2-4H2,1H3,(H,10,11)(H,13,14). The average Bonchev–Trinajstić information content (AvgIpc) is 2.76. The van der Waals surface area contributed by atoms with Gasteiger partial charge in [-0.25, -0.2) is 9.78 Å². The quantitative estimate of drug-likeness (QED) is 0.805. The fourth-order valence-electron chi connectivity index (χ4n) is 1.67. The molecule has 1 fully saturated rings. The van der Waals surface area contributed by atoms with Crippen molar-refractivity contribution >= 4 is 22.4 Å². The van der Waals surface area contributed by atoms with Crippen molar-refractivity contribution in [2.75, 3.05) is 25.5 Å². The Hall–Kier alpha value is -1.14. The molecule has 1 aromatic heterocycles. The average molecular weight is 227 g/mol. The van der Waals surface area contributed by atoms with E-state index in [1.807, 2.05) is 0 Å². The molecule has 0 radical (unpaired) electrons. The van der Waals surface area contributed by atoms with Crippen LogP contribution in [0.15, 0.2) is 5.38 Å². The summed E-state index contributed by atoms with van der Waals surface area (Å²) in [6.45, 7) is 2.07. The van der Waals surface area contributed by atoms with Gasteiger partial charge in [-0.1, -0.05) is 0 Å². The first-order valence-electron chi connectivity index (χ1n) is 4.79. The maximum absolute atomic E-state index is 10.6. The Bertz CT molecular complexity index is 366. The number of carboxylic acid groups (broad SMARTS) is 1. The van der Waals surface area contributed by atoms with Gasteiger partial charge in [0.25, 0.3) is 0 Å². The van der Waals surface area contributed by atoms with Crippen molar-refractivity contribution in [3.63, 3.8) is 0 Å². The van der Waals surface area contributed by atoms with E-state index >= 15 is 0 Å². The van der Waals surface area contributed by atoms with Crippen LogP contribution in [0.25, 0.3) is 0 Å². The summed E-state index contributed by atoms with van der Waals surface area (Å²) in [5.41, 5.74) is 0.119. The lowest BCUT2D eigenvalue weighted by Crippen LogP contribution is -2.23. The lowest BCUT2D eigenvalue weighted by molar-refractivity contribution is 0.0691. The van der Waals surface area contributed by atoms with Gasteiger partial charge < -0.3 is 15.3 Å². The molecule has 0 amide bonds. The van der Waals surface area contributed by atoms with E-state index in [1.165, 1.54) is 11.3 Å². The van der Waals surface area contributed by atoms with Gasteiger partial charge in [0.05, 0.1) is 0 Å². The van der Waals surface area contributed by atoms with Crippen LogP contribution in [-0.2, 0) is 0 Å². The minimum atomic E-state index is -0.970. The molecule has 6 heteroatoms. The van der Waals surface area contributed by atoms with Gasteiger partial charge in [-0.2, -0.15) is 0 Å². The Morgan fingerprint density at radius 2 is 2.60 bits per heavy atom. The number of likely N-dealkylation sites (N-methyl/N-ethyl adjacent to an activating group) is 1. The van der Waals surface area contributed by atoms with Crippen LogP contribution >= 0.6 is 11.3 Å². The summed E-state index contributed by atoms with van der Waals surface area (Å²) in [6.07, 6.45) is 1.08. The molecule has 1 aliphatic rings. The summed E-state index contributed by atoms with van der Waals surface area (Å²) in [6, 6.07) is 0.391. The highest BCUT2D eigenvalue weighted by atomic mass is 32.1. The van der Waals surface area contributed by atoms with Crippen LogP contribution in [0, 0.1) is 0 Å². The molecule has 2 N–H and O–H groups in total. The Labute approximate surface area is 91.7 Å². The van der Waals surface area contributed by atoms with Crippen molar-refractivity contribution in [3.8, 4) is 0 Å². The molecular weight excluding hydrogens is 214 g/mol. The maximum atomic E-state index is 10.6. The molecule has 15 heavy (non-hydrogen) atoms. The molecule has 0 spiro atoms. The van der Waals surface area contributed by atoms with Crippen LogP contribution in [-0.4, -0.2) is 47.1 Å². The van der Waals surface area contributed by atoms with E-state index in [-0.39, 0.29) is 5.69 Å². The first-order chi connectivity index (χ1) is 7.15. The summed E-state index contributed by atoms with van der Waals surface area (Å²) in [5.74, 6) is -0.970. The van der Waals surface area contributed by atoms with Crippen LogP contribution in [0.4, 0.5) is 5.13 Å². The van der Waals surface area contributed by atoms with Crippen LogP contribution < -0.4 is 5.32 Å². The number of carbonyl (C=O) groups is 1. The van der Waals surface area contributed by atoms with Crippen molar-refractivity contribution < 1.29 is 9.90 Å². The van der Waals surface area contributed by atoms with E-state index in [0.29, 0.717) is 11.2 Å². The first-order valence-corrected chi connectivity index (χ1v) is 5.67. The lowest BCUT2D eigenvalue weighted by atomic mass is 10.3. The smallest absolute Gasteiger partial charge is 0.355 e. The van der Waals surface area contributed by atoms with Gasteiger partial charge in [0.15, 0.2) is 10.8 Å². The van der Waals surface area contributed by atoms with Gasteiger partial charge in [-0.15, -0.1) is 11.3 Å². The maximum Gasteiger partial charge on any atom is 0.355 e. The van der Waals surface area contributed by atoms with E-state index in [4.69, 9.17) is 5.11 Å². The Morgan fingerprint density at radius 3 is 3.13 bits per heavy atom. The van der Waals surface area contributed by atoms with Gasteiger partial charge >= 0.3 is 5.97 Å². The van der Waals surface area contributed by atoms with Crippen LogP contribution in [0.3, 0.4) is 0 Å². The molecule has 82 valence electrons.